The summed E-state index contributed by atoms with van der Waals surface area (Å²) in [5.41, 5.74) is 0. The Hall–Kier alpha value is 0.236. The fraction of sp³-hybridized carbons (Fsp3) is 0.833. The number of aliphatic carboxylic acids is 1. The molecule has 0 aliphatic heterocycles. The van der Waals surface area contributed by atoms with E-state index in [1.807, 2.05) is 0 Å². The van der Waals surface area contributed by atoms with Crippen molar-refractivity contribution < 1.29 is 12.8 Å². The molecule has 1 N–H and O–H groups in total. The number of rotatable bonds is 4. The summed E-state index contributed by atoms with van der Waals surface area (Å²) in [6, 6.07) is 0. The zero-order valence-electron chi connectivity index (χ0n) is 7.89. The second-order valence-corrected chi connectivity index (χ2v) is 1.85. The van der Waals surface area contributed by atoms with Crippen molar-refractivity contribution in [1.29, 1.82) is 0 Å². The zero-order valence-corrected chi connectivity index (χ0v) is 7.31. The molecule has 0 aliphatic rings. The smallest absolute Gasteiger partial charge is 1.00 e. The van der Waals surface area contributed by atoms with E-state index in [0.29, 0.717) is 6.42 Å². The minimum absolute atomic E-state index is 0. The molecule has 0 heterocycles. The van der Waals surface area contributed by atoms with Gasteiger partial charge in [-0.05, 0) is 6.42 Å². The third-order valence-corrected chi connectivity index (χ3v) is 0.994. The van der Waals surface area contributed by atoms with Gasteiger partial charge in [0.25, 0.3) is 0 Å². The van der Waals surface area contributed by atoms with Gasteiger partial charge < -0.3 is 7.96 Å². The maximum Gasteiger partial charge on any atom is 2.00 e. The Kier molecular flexibility index (Phi) is 10.9. The Labute approximate surface area is 74.8 Å². The molecule has 3 heteroatoms. The summed E-state index contributed by atoms with van der Waals surface area (Å²) in [6.45, 7) is 2.06. The molecule has 0 aliphatic carbocycles. The number of carboxylic acids is 1. The first-order valence-corrected chi connectivity index (χ1v) is 2.99. The van der Waals surface area contributed by atoms with Crippen LogP contribution in [0.1, 0.15) is 35.5 Å². The average Bonchev–Trinajstić information content (AvgIpc) is 1.66. The molecule has 0 bridgehead atoms. The van der Waals surface area contributed by atoms with Crippen molar-refractivity contribution in [3.63, 3.8) is 0 Å². The van der Waals surface area contributed by atoms with E-state index in [-0.39, 0.29) is 25.9 Å². The summed E-state index contributed by atoms with van der Waals surface area (Å²) in [7, 11) is 0. The average molecular weight is 142 g/mol. The number of hydrogen-bond acceptors (Lipinski definition) is 1. The van der Waals surface area contributed by atoms with Gasteiger partial charge in [0.1, 0.15) is 0 Å². The number of carboxylic acid groups (broad SMARTS) is 1. The van der Waals surface area contributed by atoms with Crippen LogP contribution in [0.5, 0.6) is 0 Å². The van der Waals surface area contributed by atoms with Gasteiger partial charge in [-0.25, -0.2) is 0 Å². The van der Waals surface area contributed by atoms with Gasteiger partial charge in [-0.3, -0.25) is 4.79 Å². The fourth-order valence-corrected chi connectivity index (χ4v) is 0.526. The second kappa shape index (κ2) is 8.24. The van der Waals surface area contributed by atoms with Crippen molar-refractivity contribution in [2.45, 2.75) is 32.6 Å². The third-order valence-electron chi connectivity index (χ3n) is 0.994. The molecule has 0 aromatic carbocycles. The first-order chi connectivity index (χ1) is 3.77. The minimum Gasteiger partial charge on any atom is -1.00 e. The maximum atomic E-state index is 9.87. The second-order valence-electron chi connectivity index (χ2n) is 1.85. The molecule has 0 fully saturated rings. The molecule has 9 heavy (non-hydrogen) atoms. The predicted octanol–water partition coefficient (Wildman–Crippen LogP) is 1.50. The Balaban J connectivity index is -0.0000000817. The van der Waals surface area contributed by atoms with Crippen LogP contribution < -0.4 is 0 Å². The first kappa shape index (κ1) is 12.0. The summed E-state index contributed by atoms with van der Waals surface area (Å²) >= 11 is 0. The van der Waals surface area contributed by atoms with Gasteiger partial charge in [0, 0.05) is 6.42 Å². The van der Waals surface area contributed by atoms with Crippen LogP contribution in [-0.4, -0.2) is 34.1 Å². The standard InChI is InChI=1S/C6H12O2.Mg.2H/c1-2-3-4-5-6(7)8;;;/h2-5H2,1H3,(H,7,8);;;/q;+2;2*-1. The van der Waals surface area contributed by atoms with Crippen molar-refractivity contribution in [2.75, 3.05) is 0 Å². The largest absolute Gasteiger partial charge is 2.00 e. The number of unbranched alkanes of at least 4 members (excludes halogenated alkanes) is 2. The van der Waals surface area contributed by atoms with E-state index in [4.69, 9.17) is 5.11 Å². The predicted molar refractivity (Wildman–Crippen MR) is 39.8 cm³/mol. The van der Waals surface area contributed by atoms with Crippen molar-refractivity contribution in [3.05, 3.63) is 0 Å². The summed E-state index contributed by atoms with van der Waals surface area (Å²) < 4.78 is 0. The summed E-state index contributed by atoms with van der Waals surface area (Å²) in [5.74, 6) is -0.682. The van der Waals surface area contributed by atoms with E-state index < -0.39 is 5.97 Å². The molecule has 0 aromatic rings. The van der Waals surface area contributed by atoms with E-state index in [0.717, 1.165) is 19.3 Å². The molecule has 2 nitrogen and oxygen atoms in total. The molecule has 0 atom stereocenters. The molecule has 0 unspecified atom stereocenters. The summed E-state index contributed by atoms with van der Waals surface area (Å²) in [6.07, 6.45) is 3.28. The van der Waals surface area contributed by atoms with Gasteiger partial charge in [0.15, 0.2) is 0 Å². The van der Waals surface area contributed by atoms with Crippen molar-refractivity contribution >= 4 is 29.0 Å². The summed E-state index contributed by atoms with van der Waals surface area (Å²) in [5, 5.41) is 8.14. The monoisotopic (exact) mass is 142 g/mol. The van der Waals surface area contributed by atoms with Gasteiger partial charge in [-0.15, -0.1) is 0 Å². The van der Waals surface area contributed by atoms with E-state index in [2.05, 4.69) is 6.92 Å². The van der Waals surface area contributed by atoms with Crippen LogP contribution in [0.2, 0.25) is 0 Å². The third kappa shape index (κ3) is 11.7. The van der Waals surface area contributed by atoms with Crippen LogP contribution in [0.15, 0.2) is 0 Å². The van der Waals surface area contributed by atoms with Gasteiger partial charge >= 0.3 is 29.0 Å². The van der Waals surface area contributed by atoms with Gasteiger partial charge in [-0.2, -0.15) is 0 Å². The molecule has 0 saturated heterocycles. The molecule has 0 amide bonds. The maximum absolute atomic E-state index is 9.87. The topological polar surface area (TPSA) is 37.3 Å². The van der Waals surface area contributed by atoms with Crippen LogP contribution in [0, 0.1) is 0 Å². The molecular weight excluding hydrogens is 128 g/mol. The van der Waals surface area contributed by atoms with Crippen molar-refractivity contribution in [3.8, 4) is 0 Å². The normalized spacial score (nSPS) is 8.11. The number of carbonyl (C=O) groups is 1. The molecule has 52 valence electrons. The van der Waals surface area contributed by atoms with E-state index in [9.17, 15) is 4.79 Å². The van der Waals surface area contributed by atoms with Gasteiger partial charge in [0.2, 0.25) is 0 Å². The van der Waals surface area contributed by atoms with Gasteiger partial charge in [0.05, 0.1) is 0 Å². The Morgan fingerprint density at radius 3 is 2.44 bits per heavy atom. The van der Waals surface area contributed by atoms with Crippen LogP contribution in [0.25, 0.3) is 0 Å². The van der Waals surface area contributed by atoms with Crippen molar-refractivity contribution in [2.24, 2.45) is 0 Å². The molecule has 0 spiro atoms. The molecular formula is C6H14MgO2. The Morgan fingerprint density at radius 2 is 2.11 bits per heavy atom. The summed E-state index contributed by atoms with van der Waals surface area (Å²) in [4.78, 5) is 9.87. The van der Waals surface area contributed by atoms with E-state index in [1.54, 1.807) is 0 Å². The van der Waals surface area contributed by atoms with Crippen LogP contribution in [0.3, 0.4) is 0 Å². The fourth-order valence-electron chi connectivity index (χ4n) is 0.526. The molecule has 0 radical (unpaired) electrons. The van der Waals surface area contributed by atoms with Crippen LogP contribution in [-0.2, 0) is 4.79 Å². The van der Waals surface area contributed by atoms with E-state index >= 15 is 0 Å². The minimum atomic E-state index is -0.682. The zero-order chi connectivity index (χ0) is 6.41. The quantitative estimate of drug-likeness (QED) is 0.477. The Morgan fingerprint density at radius 1 is 1.56 bits per heavy atom. The molecule has 0 saturated carbocycles. The molecule has 0 rings (SSSR count). The number of hydrogen-bond donors (Lipinski definition) is 1. The van der Waals surface area contributed by atoms with Crippen LogP contribution >= 0.6 is 0 Å². The SMILES string of the molecule is CCCCCC(=O)O.[H-].[H-].[Mg+2]. The molecule has 0 aromatic heterocycles. The van der Waals surface area contributed by atoms with E-state index in [1.165, 1.54) is 0 Å². The first-order valence-electron chi connectivity index (χ1n) is 2.99. The Bertz CT molecular complexity index is 81.0. The van der Waals surface area contributed by atoms with Crippen molar-refractivity contribution in [1.82, 2.24) is 0 Å². The van der Waals surface area contributed by atoms with Crippen LogP contribution in [0.4, 0.5) is 0 Å². The van der Waals surface area contributed by atoms with Gasteiger partial charge in [-0.1, -0.05) is 19.8 Å².